The SMILES string of the molecule is CCc1nc2sc(C(C)C)nn2c1S(=O)(=O)Nc1ccc(C#N)cc1. The van der Waals surface area contributed by atoms with Gasteiger partial charge in [-0.25, -0.2) is 4.98 Å². The largest absolute Gasteiger partial charge is 0.281 e. The van der Waals surface area contributed by atoms with Gasteiger partial charge in [-0.15, -0.1) is 0 Å². The smallest absolute Gasteiger partial charge is 0.278 e. The summed E-state index contributed by atoms with van der Waals surface area (Å²) in [6.45, 7) is 5.86. The number of sulfonamides is 1. The predicted molar refractivity (Wildman–Crippen MR) is 96.3 cm³/mol. The third kappa shape index (κ3) is 3.23. The van der Waals surface area contributed by atoms with Crippen molar-refractivity contribution in [3.05, 3.63) is 40.5 Å². The Balaban J connectivity index is 2.07. The summed E-state index contributed by atoms with van der Waals surface area (Å²) in [5.74, 6) is 0.193. The lowest BCUT2D eigenvalue weighted by Gasteiger charge is -2.08. The minimum absolute atomic E-state index is 0.0671. The highest BCUT2D eigenvalue weighted by atomic mass is 32.2. The molecule has 0 radical (unpaired) electrons. The first-order chi connectivity index (χ1) is 11.9. The van der Waals surface area contributed by atoms with Gasteiger partial charge in [0, 0.05) is 11.6 Å². The molecule has 1 N–H and O–H groups in total. The van der Waals surface area contributed by atoms with E-state index < -0.39 is 10.0 Å². The molecular weight excluding hydrogens is 358 g/mol. The highest BCUT2D eigenvalue weighted by molar-refractivity contribution is 7.92. The van der Waals surface area contributed by atoms with Crippen LogP contribution in [0.2, 0.25) is 0 Å². The van der Waals surface area contributed by atoms with Crippen molar-refractivity contribution in [2.45, 2.75) is 38.1 Å². The van der Waals surface area contributed by atoms with Crippen molar-refractivity contribution in [3.8, 4) is 6.07 Å². The summed E-state index contributed by atoms with van der Waals surface area (Å²) in [6.07, 6.45) is 0.483. The van der Waals surface area contributed by atoms with Crippen LogP contribution >= 0.6 is 11.3 Å². The maximum Gasteiger partial charge on any atom is 0.281 e. The van der Waals surface area contributed by atoms with E-state index in [1.165, 1.54) is 15.9 Å². The van der Waals surface area contributed by atoms with Crippen LogP contribution in [0.25, 0.3) is 4.96 Å². The number of nitriles is 1. The Kier molecular flexibility index (Phi) is 4.49. The van der Waals surface area contributed by atoms with E-state index in [1.54, 1.807) is 24.3 Å². The maximum absolute atomic E-state index is 12.9. The molecule has 0 amide bonds. The number of hydrogen-bond donors (Lipinski definition) is 1. The normalized spacial score (nSPS) is 11.8. The van der Waals surface area contributed by atoms with Gasteiger partial charge in [0.05, 0.1) is 17.3 Å². The van der Waals surface area contributed by atoms with Crippen molar-refractivity contribution in [1.82, 2.24) is 14.6 Å². The Morgan fingerprint density at radius 1 is 1.32 bits per heavy atom. The number of rotatable bonds is 5. The predicted octanol–water partition coefficient (Wildman–Crippen LogP) is 3.15. The molecule has 9 heteroatoms. The lowest BCUT2D eigenvalue weighted by molar-refractivity contribution is 0.591. The van der Waals surface area contributed by atoms with E-state index in [9.17, 15) is 8.42 Å². The molecule has 0 aliphatic rings. The van der Waals surface area contributed by atoms with E-state index >= 15 is 0 Å². The van der Waals surface area contributed by atoms with Crippen LogP contribution in [0, 0.1) is 11.3 Å². The van der Waals surface area contributed by atoms with Crippen LogP contribution in [0.4, 0.5) is 5.69 Å². The van der Waals surface area contributed by atoms with Crippen LogP contribution in [0.3, 0.4) is 0 Å². The number of aromatic nitrogens is 3. The van der Waals surface area contributed by atoms with Gasteiger partial charge in [-0.2, -0.15) is 23.3 Å². The monoisotopic (exact) mass is 375 g/mol. The fraction of sp³-hybridized carbons (Fsp3) is 0.312. The van der Waals surface area contributed by atoms with Gasteiger partial charge in [0.2, 0.25) is 9.99 Å². The number of benzene rings is 1. The third-order valence-corrected chi connectivity index (χ3v) is 6.23. The van der Waals surface area contributed by atoms with E-state index in [1.807, 2.05) is 26.8 Å². The van der Waals surface area contributed by atoms with Gasteiger partial charge < -0.3 is 0 Å². The van der Waals surface area contributed by atoms with Crippen LogP contribution in [-0.4, -0.2) is 23.0 Å². The quantitative estimate of drug-likeness (QED) is 0.738. The molecule has 2 aromatic heterocycles. The van der Waals surface area contributed by atoms with E-state index in [2.05, 4.69) is 14.8 Å². The molecule has 0 saturated carbocycles. The molecule has 25 heavy (non-hydrogen) atoms. The topological polar surface area (TPSA) is 100 Å². The molecule has 0 aliphatic carbocycles. The number of fused-ring (bicyclic) bond motifs is 1. The number of anilines is 1. The average Bonchev–Trinajstić information content (AvgIpc) is 3.12. The lowest BCUT2D eigenvalue weighted by atomic mass is 10.2. The maximum atomic E-state index is 12.9. The second-order valence-electron chi connectivity index (χ2n) is 5.80. The second-order valence-corrected chi connectivity index (χ2v) is 8.39. The highest BCUT2D eigenvalue weighted by Crippen LogP contribution is 2.27. The van der Waals surface area contributed by atoms with Crippen molar-refractivity contribution in [2.24, 2.45) is 0 Å². The zero-order chi connectivity index (χ0) is 18.2. The molecule has 0 bridgehead atoms. The first-order valence-corrected chi connectivity index (χ1v) is 10.1. The zero-order valence-corrected chi connectivity index (χ0v) is 15.6. The van der Waals surface area contributed by atoms with Crippen LogP contribution in [0.1, 0.15) is 43.0 Å². The summed E-state index contributed by atoms with van der Waals surface area (Å²) in [6, 6.07) is 8.23. The van der Waals surface area contributed by atoms with Gasteiger partial charge in [0.1, 0.15) is 5.01 Å². The molecule has 3 rings (SSSR count). The zero-order valence-electron chi connectivity index (χ0n) is 14.0. The lowest BCUT2D eigenvalue weighted by Crippen LogP contribution is -2.17. The molecular formula is C16H17N5O2S2. The fourth-order valence-corrected chi connectivity index (χ4v) is 4.71. The number of aryl methyl sites for hydroxylation is 1. The highest BCUT2D eigenvalue weighted by Gasteiger charge is 2.27. The average molecular weight is 375 g/mol. The molecule has 0 atom stereocenters. The van der Waals surface area contributed by atoms with Crippen LogP contribution in [0.5, 0.6) is 0 Å². The Bertz CT molecular complexity index is 1060. The molecule has 0 unspecified atom stereocenters. The number of imidazole rings is 1. The molecule has 0 aliphatic heterocycles. The summed E-state index contributed by atoms with van der Waals surface area (Å²) in [7, 11) is -3.86. The van der Waals surface area contributed by atoms with Gasteiger partial charge in [0.15, 0.2) is 0 Å². The first-order valence-electron chi connectivity index (χ1n) is 7.77. The third-order valence-electron chi connectivity index (χ3n) is 3.59. The minimum atomic E-state index is -3.86. The Morgan fingerprint density at radius 3 is 2.56 bits per heavy atom. The van der Waals surface area contributed by atoms with E-state index in [0.717, 1.165) is 5.01 Å². The molecule has 130 valence electrons. The van der Waals surface area contributed by atoms with Crippen LogP contribution in [0.15, 0.2) is 29.3 Å². The summed E-state index contributed by atoms with van der Waals surface area (Å²) in [5, 5.41) is 14.2. The Morgan fingerprint density at radius 2 is 2.00 bits per heavy atom. The molecule has 0 spiro atoms. The number of nitrogens with zero attached hydrogens (tertiary/aromatic N) is 4. The van der Waals surface area contributed by atoms with Crippen molar-refractivity contribution in [3.63, 3.8) is 0 Å². The van der Waals surface area contributed by atoms with E-state index in [-0.39, 0.29) is 10.9 Å². The Labute approximate surface area is 150 Å². The minimum Gasteiger partial charge on any atom is -0.278 e. The molecule has 2 heterocycles. The summed E-state index contributed by atoms with van der Waals surface area (Å²) in [4.78, 5) is 5.00. The van der Waals surface area contributed by atoms with Gasteiger partial charge in [-0.3, -0.25) is 4.72 Å². The number of hydrogen-bond acceptors (Lipinski definition) is 6. The summed E-state index contributed by atoms with van der Waals surface area (Å²) in [5.41, 5.74) is 1.33. The molecule has 7 nitrogen and oxygen atoms in total. The number of nitrogens with one attached hydrogen (secondary N) is 1. The van der Waals surface area contributed by atoms with Crippen LogP contribution < -0.4 is 4.72 Å². The first kappa shape index (κ1) is 17.4. The second kappa shape index (κ2) is 6.46. The standard InChI is InChI=1S/C16H17N5O2S2/c1-4-13-15(21-16(18-13)24-14(19-21)10(2)3)25(22,23)20-12-7-5-11(9-17)6-8-12/h5-8,10,20H,4H2,1-3H3. The molecule has 0 fully saturated rings. The molecule has 0 saturated heterocycles. The van der Waals surface area contributed by atoms with Gasteiger partial charge in [-0.05, 0) is 30.7 Å². The van der Waals surface area contributed by atoms with E-state index in [0.29, 0.717) is 28.3 Å². The van der Waals surface area contributed by atoms with Crippen molar-refractivity contribution in [1.29, 1.82) is 5.26 Å². The summed E-state index contributed by atoms with van der Waals surface area (Å²) < 4.78 is 29.8. The van der Waals surface area contributed by atoms with Crippen molar-refractivity contribution < 1.29 is 8.42 Å². The molecule has 1 aromatic carbocycles. The van der Waals surface area contributed by atoms with Crippen molar-refractivity contribution >= 4 is 32.0 Å². The van der Waals surface area contributed by atoms with Gasteiger partial charge in [0.25, 0.3) is 10.0 Å². The Hall–Kier alpha value is -2.44. The van der Waals surface area contributed by atoms with Crippen LogP contribution in [-0.2, 0) is 16.4 Å². The van der Waals surface area contributed by atoms with Gasteiger partial charge in [-0.1, -0.05) is 32.1 Å². The summed E-state index contributed by atoms with van der Waals surface area (Å²) >= 11 is 1.40. The van der Waals surface area contributed by atoms with E-state index in [4.69, 9.17) is 5.26 Å². The fourth-order valence-electron chi connectivity index (χ4n) is 2.34. The molecule has 3 aromatic rings. The van der Waals surface area contributed by atoms with Gasteiger partial charge >= 0.3 is 0 Å². The van der Waals surface area contributed by atoms with Crippen molar-refractivity contribution in [2.75, 3.05) is 4.72 Å².